The van der Waals surface area contributed by atoms with E-state index in [9.17, 15) is 4.79 Å². The Morgan fingerprint density at radius 2 is 2.06 bits per heavy atom. The highest BCUT2D eigenvalue weighted by Crippen LogP contribution is 2.35. The Bertz CT molecular complexity index is 745. The molecule has 2 aromatic heterocycles. The van der Waals surface area contributed by atoms with E-state index < -0.39 is 0 Å². The summed E-state index contributed by atoms with van der Waals surface area (Å²) < 4.78 is 2.95. The molecule has 0 amide bonds. The standard InChI is InChI=1S/C12H10N2OS2/c1-2-13-12-14-11(15)10-9(17-12)7-5-3-4-6-8(7)16-10/h3-6H,2H2,1H3,(H,13,14,15). The molecule has 17 heavy (non-hydrogen) atoms. The highest BCUT2D eigenvalue weighted by atomic mass is 32.1. The summed E-state index contributed by atoms with van der Waals surface area (Å²) in [5, 5.41) is 4.96. The van der Waals surface area contributed by atoms with Gasteiger partial charge in [0, 0.05) is 16.6 Å². The van der Waals surface area contributed by atoms with Gasteiger partial charge in [-0.25, -0.2) is 0 Å². The van der Waals surface area contributed by atoms with Gasteiger partial charge >= 0.3 is 0 Å². The van der Waals surface area contributed by atoms with Crippen LogP contribution in [0.2, 0.25) is 0 Å². The quantitative estimate of drug-likeness (QED) is 0.770. The van der Waals surface area contributed by atoms with E-state index in [2.05, 4.69) is 16.4 Å². The molecule has 5 heteroatoms. The summed E-state index contributed by atoms with van der Waals surface area (Å²) in [5.41, 5.74) is -0.129. The number of rotatable bonds is 2. The first-order valence-corrected chi connectivity index (χ1v) is 6.99. The van der Waals surface area contributed by atoms with Crippen molar-refractivity contribution in [3.63, 3.8) is 0 Å². The summed E-state index contributed by atoms with van der Waals surface area (Å²) in [6.45, 7) is 2.77. The largest absolute Gasteiger partial charge is 0.362 e. The van der Waals surface area contributed by atoms with Crippen molar-refractivity contribution in [3.05, 3.63) is 34.6 Å². The number of nitrogens with one attached hydrogen (secondary N) is 1. The number of hydrogen-bond acceptors (Lipinski definition) is 5. The van der Waals surface area contributed by atoms with Gasteiger partial charge in [0.25, 0.3) is 5.56 Å². The molecule has 0 aliphatic heterocycles. The third kappa shape index (κ3) is 1.71. The fraction of sp³-hybridized carbons (Fsp3) is 0.167. The van der Waals surface area contributed by atoms with E-state index in [1.807, 2.05) is 25.1 Å². The van der Waals surface area contributed by atoms with Crippen molar-refractivity contribution in [1.82, 2.24) is 4.98 Å². The first-order valence-electron chi connectivity index (χ1n) is 5.36. The van der Waals surface area contributed by atoms with Crippen LogP contribution in [0.3, 0.4) is 0 Å². The van der Waals surface area contributed by atoms with Gasteiger partial charge in [-0.3, -0.25) is 4.79 Å². The van der Waals surface area contributed by atoms with Crippen molar-refractivity contribution in [1.29, 1.82) is 0 Å². The molecular weight excluding hydrogens is 252 g/mol. The third-order valence-electron chi connectivity index (χ3n) is 2.47. The number of hydrogen-bond donors (Lipinski definition) is 1. The minimum absolute atomic E-state index is 0.129. The molecule has 3 rings (SSSR count). The van der Waals surface area contributed by atoms with Crippen molar-refractivity contribution < 1.29 is 0 Å². The smallest absolute Gasteiger partial charge is 0.291 e. The van der Waals surface area contributed by atoms with Crippen molar-refractivity contribution in [3.8, 4) is 0 Å². The van der Waals surface area contributed by atoms with E-state index in [0.717, 1.165) is 26.0 Å². The molecule has 0 bridgehead atoms. The molecule has 0 fully saturated rings. The van der Waals surface area contributed by atoms with Gasteiger partial charge in [0.05, 0.1) is 4.70 Å². The maximum absolute atomic E-state index is 11.9. The normalized spacial score (nSPS) is 11.1. The number of anilines is 1. The Kier molecular flexibility index (Phi) is 2.57. The van der Waals surface area contributed by atoms with Crippen LogP contribution in [0, 0.1) is 0 Å². The van der Waals surface area contributed by atoms with Crippen LogP contribution in [0.25, 0.3) is 19.5 Å². The number of nitrogens with zero attached hydrogens (tertiary/aromatic N) is 1. The predicted molar refractivity (Wildman–Crippen MR) is 75.4 cm³/mol. The van der Waals surface area contributed by atoms with E-state index in [1.54, 1.807) is 11.3 Å². The van der Waals surface area contributed by atoms with Gasteiger partial charge in [0.15, 0.2) is 5.13 Å². The van der Waals surface area contributed by atoms with Gasteiger partial charge in [0.2, 0.25) is 0 Å². The molecule has 2 heterocycles. The molecule has 3 aromatic rings. The minimum atomic E-state index is -0.129. The monoisotopic (exact) mass is 262 g/mol. The van der Waals surface area contributed by atoms with Crippen LogP contribution in [-0.2, 0) is 0 Å². The summed E-state index contributed by atoms with van der Waals surface area (Å²) in [7, 11) is 0. The van der Waals surface area contributed by atoms with Crippen LogP contribution in [0.5, 0.6) is 0 Å². The van der Waals surface area contributed by atoms with Crippen LogP contribution < -0.4 is 10.9 Å². The molecule has 1 N–H and O–H groups in total. The number of thiophene rings is 1. The molecule has 0 radical (unpaired) electrons. The summed E-state index contributed by atoms with van der Waals surface area (Å²) >= 11 is 3.07. The second-order valence-electron chi connectivity index (χ2n) is 3.61. The fourth-order valence-electron chi connectivity index (χ4n) is 1.75. The highest BCUT2D eigenvalue weighted by Gasteiger charge is 2.10. The predicted octanol–water partition coefficient (Wildman–Crippen LogP) is 3.30. The highest BCUT2D eigenvalue weighted by molar-refractivity contribution is 7.32. The molecule has 3 nitrogen and oxygen atoms in total. The lowest BCUT2D eigenvalue weighted by atomic mass is 10.2. The van der Waals surface area contributed by atoms with E-state index in [-0.39, 0.29) is 5.56 Å². The van der Waals surface area contributed by atoms with Crippen molar-refractivity contribution >= 4 is 47.3 Å². The second kappa shape index (κ2) is 4.09. The molecule has 0 unspecified atom stereocenters. The van der Waals surface area contributed by atoms with Crippen LogP contribution >= 0.6 is 22.7 Å². The van der Waals surface area contributed by atoms with Gasteiger partial charge in [-0.15, -0.1) is 11.3 Å². The molecular formula is C12H10N2OS2. The molecule has 0 aliphatic carbocycles. The van der Waals surface area contributed by atoms with Gasteiger partial charge in [0.1, 0.15) is 4.70 Å². The van der Waals surface area contributed by atoms with Crippen molar-refractivity contribution in [2.45, 2.75) is 6.92 Å². The molecule has 0 aliphatic rings. The maximum Gasteiger partial charge on any atom is 0.291 e. The van der Waals surface area contributed by atoms with Crippen molar-refractivity contribution in [2.75, 3.05) is 11.9 Å². The summed E-state index contributed by atoms with van der Waals surface area (Å²) in [6.07, 6.45) is 0. The number of benzene rings is 1. The Labute approximate surface area is 106 Å². The average Bonchev–Trinajstić information content (AvgIpc) is 2.69. The van der Waals surface area contributed by atoms with Crippen LogP contribution in [0.4, 0.5) is 5.13 Å². The van der Waals surface area contributed by atoms with Gasteiger partial charge in [-0.1, -0.05) is 29.5 Å². The van der Waals surface area contributed by atoms with Crippen LogP contribution in [0.15, 0.2) is 29.1 Å². The topological polar surface area (TPSA) is 42.0 Å². The number of aromatic nitrogens is 1. The minimum Gasteiger partial charge on any atom is -0.362 e. The first kappa shape index (κ1) is 10.7. The zero-order chi connectivity index (χ0) is 11.8. The lowest BCUT2D eigenvalue weighted by Gasteiger charge is -1.99. The molecule has 0 spiro atoms. The van der Waals surface area contributed by atoms with Gasteiger partial charge in [-0.2, -0.15) is 4.98 Å². The summed E-state index contributed by atoms with van der Waals surface area (Å²) in [5.74, 6) is 0. The Morgan fingerprint density at radius 3 is 2.88 bits per heavy atom. The van der Waals surface area contributed by atoms with Crippen LogP contribution in [0.1, 0.15) is 6.92 Å². The summed E-state index contributed by atoms with van der Waals surface area (Å²) in [4.78, 5) is 16.0. The van der Waals surface area contributed by atoms with E-state index >= 15 is 0 Å². The van der Waals surface area contributed by atoms with E-state index in [0.29, 0.717) is 5.13 Å². The van der Waals surface area contributed by atoms with Gasteiger partial charge in [-0.05, 0) is 13.0 Å². The Balaban J connectivity index is 2.42. The zero-order valence-electron chi connectivity index (χ0n) is 9.19. The second-order valence-corrected chi connectivity index (χ2v) is 5.66. The van der Waals surface area contributed by atoms with E-state index in [4.69, 9.17) is 0 Å². The van der Waals surface area contributed by atoms with E-state index in [1.165, 1.54) is 11.3 Å². The average molecular weight is 262 g/mol. The first-order chi connectivity index (χ1) is 8.29. The maximum atomic E-state index is 11.9. The summed E-state index contributed by atoms with van der Waals surface area (Å²) in [6, 6.07) is 8.09. The Hall–Kier alpha value is -1.46. The molecule has 0 saturated heterocycles. The number of fused-ring (bicyclic) bond motifs is 3. The van der Waals surface area contributed by atoms with Gasteiger partial charge < -0.3 is 5.32 Å². The van der Waals surface area contributed by atoms with Crippen molar-refractivity contribution in [2.24, 2.45) is 0 Å². The fourth-order valence-corrected chi connectivity index (χ4v) is 4.06. The molecule has 0 atom stereocenters. The lowest BCUT2D eigenvalue weighted by molar-refractivity contribution is 1.17. The molecule has 1 aromatic carbocycles. The van der Waals surface area contributed by atoms with Crippen LogP contribution in [-0.4, -0.2) is 11.5 Å². The Morgan fingerprint density at radius 1 is 1.24 bits per heavy atom. The lowest BCUT2D eigenvalue weighted by Crippen LogP contribution is -2.07. The SMILES string of the molecule is CCNc1nc(=O)c2sc3ccccc3c2s1. The third-order valence-corrected chi connectivity index (χ3v) is 4.82. The molecule has 0 saturated carbocycles. The zero-order valence-corrected chi connectivity index (χ0v) is 10.8. The molecule has 86 valence electrons.